The maximum Gasteiger partial charge on any atom is 0.337 e. The predicted octanol–water partition coefficient (Wildman–Crippen LogP) is 4.32. The van der Waals surface area contributed by atoms with Crippen LogP contribution >= 0.6 is 0 Å². The Kier molecular flexibility index (Phi) is 4.68. The molecule has 0 amide bonds. The van der Waals surface area contributed by atoms with E-state index >= 15 is 0 Å². The summed E-state index contributed by atoms with van der Waals surface area (Å²) in [5.41, 5.74) is 1.54. The molecule has 0 N–H and O–H groups in total. The zero-order chi connectivity index (χ0) is 16.5. The van der Waals surface area contributed by atoms with Crippen LogP contribution in [-0.4, -0.2) is 28.0 Å². The van der Waals surface area contributed by atoms with Crippen LogP contribution in [0.3, 0.4) is 0 Å². The number of carbonyl (C=O) groups excluding carboxylic acids is 1. The molecule has 0 saturated heterocycles. The average molecular weight is 322 g/mol. The van der Waals surface area contributed by atoms with E-state index in [1.807, 2.05) is 6.07 Å². The molecule has 0 radical (unpaired) electrons. The van der Waals surface area contributed by atoms with E-state index in [0.717, 1.165) is 17.7 Å². The van der Waals surface area contributed by atoms with Crippen LogP contribution < -0.4 is 4.74 Å². The fourth-order valence-electron chi connectivity index (χ4n) is 2.26. The largest absolute Gasteiger partial charge is 0.493 e. The molecule has 0 spiro atoms. The first-order chi connectivity index (χ1) is 10.2. The number of benzene rings is 1. The highest BCUT2D eigenvalue weighted by atomic mass is 28.4. The van der Waals surface area contributed by atoms with E-state index in [2.05, 4.69) is 33.9 Å². The molecule has 0 unspecified atom stereocenters. The highest BCUT2D eigenvalue weighted by Gasteiger charge is 2.40. The Morgan fingerprint density at radius 3 is 2.59 bits per heavy atom. The minimum absolute atomic E-state index is 0.0383. The number of esters is 1. The van der Waals surface area contributed by atoms with Gasteiger partial charge in [0.1, 0.15) is 5.75 Å². The molecule has 1 atom stereocenters. The smallest absolute Gasteiger partial charge is 0.337 e. The summed E-state index contributed by atoms with van der Waals surface area (Å²) in [6, 6.07) is 5.46. The van der Waals surface area contributed by atoms with Gasteiger partial charge in [0.25, 0.3) is 0 Å². The normalized spacial score (nSPS) is 18.4. The van der Waals surface area contributed by atoms with Crippen LogP contribution in [0.1, 0.15) is 49.2 Å². The molecule has 122 valence electrons. The van der Waals surface area contributed by atoms with Crippen molar-refractivity contribution in [1.29, 1.82) is 0 Å². The zero-order valence-corrected chi connectivity index (χ0v) is 15.4. The lowest BCUT2D eigenvalue weighted by Crippen LogP contribution is -2.42. The Hall–Kier alpha value is -1.33. The Bertz CT molecular complexity index is 560. The molecular weight excluding hydrogens is 296 g/mol. The Morgan fingerprint density at radius 2 is 2.00 bits per heavy atom. The second kappa shape index (κ2) is 6.05. The number of ether oxygens (including phenoxy) is 2. The van der Waals surface area contributed by atoms with Crippen molar-refractivity contribution in [3.63, 3.8) is 0 Å². The summed E-state index contributed by atoms with van der Waals surface area (Å²) in [7, 11) is -0.469. The minimum atomic E-state index is -1.85. The van der Waals surface area contributed by atoms with Crippen LogP contribution in [0.15, 0.2) is 18.2 Å². The Balaban J connectivity index is 2.28. The topological polar surface area (TPSA) is 44.8 Å². The molecule has 0 bridgehead atoms. The van der Waals surface area contributed by atoms with Gasteiger partial charge in [-0.25, -0.2) is 4.79 Å². The molecule has 1 aliphatic rings. The highest BCUT2D eigenvalue weighted by Crippen LogP contribution is 2.43. The van der Waals surface area contributed by atoms with Gasteiger partial charge in [0.15, 0.2) is 8.32 Å². The highest BCUT2D eigenvalue weighted by molar-refractivity contribution is 6.74. The summed E-state index contributed by atoms with van der Waals surface area (Å²) in [4.78, 5) is 11.6. The monoisotopic (exact) mass is 322 g/mol. The number of carbonyl (C=O) groups is 1. The molecule has 4 nitrogen and oxygen atoms in total. The van der Waals surface area contributed by atoms with Gasteiger partial charge in [0.2, 0.25) is 0 Å². The van der Waals surface area contributed by atoms with E-state index in [4.69, 9.17) is 13.9 Å². The first kappa shape index (κ1) is 17.0. The van der Waals surface area contributed by atoms with Crippen molar-refractivity contribution in [2.24, 2.45) is 0 Å². The first-order valence-electron chi connectivity index (χ1n) is 7.68. The van der Waals surface area contributed by atoms with Crippen LogP contribution in [0, 0.1) is 0 Å². The van der Waals surface area contributed by atoms with Crippen LogP contribution in [0.5, 0.6) is 5.75 Å². The summed E-state index contributed by atoms with van der Waals surface area (Å²) < 4.78 is 17.0. The number of rotatable bonds is 3. The van der Waals surface area contributed by atoms with Crippen molar-refractivity contribution < 1.29 is 18.7 Å². The number of hydrogen-bond donors (Lipinski definition) is 0. The van der Waals surface area contributed by atoms with Gasteiger partial charge < -0.3 is 13.9 Å². The van der Waals surface area contributed by atoms with Crippen LogP contribution in [0.25, 0.3) is 0 Å². The second-order valence-corrected chi connectivity index (χ2v) is 12.0. The lowest BCUT2D eigenvalue weighted by molar-refractivity contribution is 0.0599. The molecule has 0 fully saturated rings. The van der Waals surface area contributed by atoms with Gasteiger partial charge >= 0.3 is 5.97 Å². The van der Waals surface area contributed by atoms with Gasteiger partial charge in [-0.15, -0.1) is 0 Å². The van der Waals surface area contributed by atoms with Gasteiger partial charge in [0, 0.05) is 12.0 Å². The van der Waals surface area contributed by atoms with Crippen molar-refractivity contribution in [2.45, 2.75) is 51.4 Å². The lowest BCUT2D eigenvalue weighted by Gasteiger charge is -2.40. The standard InChI is InChI=1S/C17H26O4Si/c1-17(2,3)22(5,6)21-14-9-10-20-15-11-12(16(18)19-4)7-8-13(14)15/h7-8,11,14H,9-10H2,1-6H3/t14-/m0/s1. The maximum atomic E-state index is 11.6. The van der Waals surface area contributed by atoms with Gasteiger partial charge in [-0.3, -0.25) is 0 Å². The fraction of sp³-hybridized carbons (Fsp3) is 0.588. The molecule has 0 saturated carbocycles. The SMILES string of the molecule is COC(=O)c1ccc2c(c1)OCC[C@@H]2O[Si](C)(C)C(C)(C)C. The van der Waals surface area contributed by atoms with Crippen molar-refractivity contribution in [2.75, 3.05) is 13.7 Å². The van der Waals surface area contributed by atoms with Crippen LogP contribution in [0.4, 0.5) is 0 Å². The molecular formula is C17H26O4Si. The molecule has 5 heteroatoms. The lowest BCUT2D eigenvalue weighted by atomic mass is 10.0. The van der Waals surface area contributed by atoms with Crippen LogP contribution in [0.2, 0.25) is 18.1 Å². The molecule has 1 aromatic carbocycles. The van der Waals surface area contributed by atoms with E-state index in [1.54, 1.807) is 12.1 Å². The minimum Gasteiger partial charge on any atom is -0.493 e. The number of methoxy groups -OCH3 is 1. The molecule has 22 heavy (non-hydrogen) atoms. The third-order valence-electron chi connectivity index (χ3n) is 4.66. The van der Waals surface area contributed by atoms with Gasteiger partial charge in [-0.05, 0) is 30.3 Å². The van der Waals surface area contributed by atoms with Crippen molar-refractivity contribution >= 4 is 14.3 Å². The van der Waals surface area contributed by atoms with Gasteiger partial charge in [-0.1, -0.05) is 26.8 Å². The van der Waals surface area contributed by atoms with E-state index in [9.17, 15) is 4.79 Å². The van der Waals surface area contributed by atoms with E-state index in [0.29, 0.717) is 12.2 Å². The van der Waals surface area contributed by atoms with Crippen LogP contribution in [-0.2, 0) is 9.16 Å². The summed E-state index contributed by atoms with van der Waals surface area (Å²) in [5, 5.41) is 0.164. The van der Waals surface area contributed by atoms with Crippen molar-refractivity contribution in [3.8, 4) is 5.75 Å². The second-order valence-electron chi connectivity index (χ2n) is 7.25. The fourth-order valence-corrected chi connectivity index (χ4v) is 3.57. The molecule has 0 aromatic heterocycles. The summed E-state index contributed by atoms with van der Waals surface area (Å²) in [6.07, 6.45) is 0.883. The third-order valence-corrected chi connectivity index (χ3v) is 9.15. The van der Waals surface area contributed by atoms with E-state index in [1.165, 1.54) is 7.11 Å². The number of fused-ring (bicyclic) bond motifs is 1. The number of hydrogen-bond acceptors (Lipinski definition) is 4. The Labute approximate surface area is 133 Å². The molecule has 1 heterocycles. The molecule has 1 aromatic rings. The maximum absolute atomic E-state index is 11.6. The summed E-state index contributed by atoms with van der Waals surface area (Å²) in [6.45, 7) is 11.8. The van der Waals surface area contributed by atoms with E-state index in [-0.39, 0.29) is 17.1 Å². The molecule has 0 aliphatic carbocycles. The van der Waals surface area contributed by atoms with Gasteiger partial charge in [-0.2, -0.15) is 0 Å². The predicted molar refractivity (Wildman–Crippen MR) is 88.9 cm³/mol. The zero-order valence-electron chi connectivity index (χ0n) is 14.4. The molecule has 1 aliphatic heterocycles. The van der Waals surface area contributed by atoms with Gasteiger partial charge in [0.05, 0.1) is 25.4 Å². The molecule has 2 rings (SSSR count). The summed E-state index contributed by atoms with van der Waals surface area (Å²) >= 11 is 0. The van der Waals surface area contributed by atoms with E-state index < -0.39 is 8.32 Å². The summed E-state index contributed by atoms with van der Waals surface area (Å²) in [5.74, 6) is 0.386. The van der Waals surface area contributed by atoms with Crippen molar-refractivity contribution in [3.05, 3.63) is 29.3 Å². The third kappa shape index (κ3) is 3.36. The quantitative estimate of drug-likeness (QED) is 0.614. The van der Waals surface area contributed by atoms with Crippen molar-refractivity contribution in [1.82, 2.24) is 0 Å². The first-order valence-corrected chi connectivity index (χ1v) is 10.6. The average Bonchev–Trinajstić information content (AvgIpc) is 2.44. The Morgan fingerprint density at radius 1 is 1.32 bits per heavy atom.